The Hall–Kier alpha value is -1.88. The Morgan fingerprint density at radius 2 is 2.09 bits per heavy atom. The highest BCUT2D eigenvalue weighted by Gasteiger charge is 2.30. The van der Waals surface area contributed by atoms with E-state index in [4.69, 9.17) is 16.1 Å². The molecule has 1 heterocycles. The van der Waals surface area contributed by atoms with Crippen molar-refractivity contribution < 1.29 is 13.7 Å². The van der Waals surface area contributed by atoms with Crippen LogP contribution >= 0.6 is 11.6 Å². The first-order chi connectivity index (χ1) is 10.9. The number of aromatic nitrogens is 1. The number of benzene rings is 1. The Morgan fingerprint density at radius 3 is 2.83 bits per heavy atom. The molecule has 0 fully saturated rings. The van der Waals surface area contributed by atoms with Crippen LogP contribution < -0.4 is 5.32 Å². The second kappa shape index (κ2) is 5.96. The molecule has 1 aromatic heterocycles. The Morgan fingerprint density at radius 1 is 1.35 bits per heavy atom. The first-order valence-corrected chi connectivity index (χ1v) is 8.02. The summed E-state index contributed by atoms with van der Waals surface area (Å²) in [6, 6.07) is 4.14. The molecule has 1 aliphatic carbocycles. The van der Waals surface area contributed by atoms with Crippen LogP contribution in [-0.4, -0.2) is 11.1 Å². The van der Waals surface area contributed by atoms with Gasteiger partial charge in [-0.2, -0.15) is 0 Å². The van der Waals surface area contributed by atoms with Crippen molar-refractivity contribution in [3.8, 4) is 0 Å². The van der Waals surface area contributed by atoms with Gasteiger partial charge in [0.1, 0.15) is 11.6 Å². The van der Waals surface area contributed by atoms with E-state index in [0.29, 0.717) is 11.3 Å². The summed E-state index contributed by atoms with van der Waals surface area (Å²) in [5, 5.41) is 7.12. The summed E-state index contributed by atoms with van der Waals surface area (Å²) in [6.07, 6.45) is 3.71. The minimum absolute atomic E-state index is 0.275. The highest BCUT2D eigenvalue weighted by atomic mass is 35.5. The maximum absolute atomic E-state index is 13.2. The molecule has 122 valence electrons. The van der Waals surface area contributed by atoms with E-state index in [-0.39, 0.29) is 10.9 Å². The van der Waals surface area contributed by atoms with E-state index >= 15 is 0 Å². The monoisotopic (exact) mass is 336 g/mol. The number of rotatable bonds is 3. The zero-order valence-electron chi connectivity index (χ0n) is 13.1. The Bertz CT molecular complexity index is 755. The van der Waals surface area contributed by atoms with E-state index in [1.807, 2.05) is 13.8 Å². The summed E-state index contributed by atoms with van der Waals surface area (Å²) >= 11 is 6.11. The molecule has 0 bridgehead atoms. The van der Waals surface area contributed by atoms with Crippen molar-refractivity contribution >= 4 is 17.5 Å². The van der Waals surface area contributed by atoms with E-state index in [1.165, 1.54) is 12.1 Å². The summed E-state index contributed by atoms with van der Waals surface area (Å²) in [5.41, 5.74) is 1.12. The quantitative estimate of drug-likeness (QED) is 0.921. The van der Waals surface area contributed by atoms with Crippen LogP contribution in [0.2, 0.25) is 5.02 Å². The Labute approximate surface area is 139 Å². The van der Waals surface area contributed by atoms with Crippen molar-refractivity contribution in [2.24, 2.45) is 0 Å². The third-order valence-electron chi connectivity index (χ3n) is 4.20. The van der Waals surface area contributed by atoms with E-state index in [2.05, 4.69) is 10.5 Å². The van der Waals surface area contributed by atoms with Gasteiger partial charge in [0.05, 0.1) is 5.54 Å². The molecular formula is C17H18ClFN2O2. The van der Waals surface area contributed by atoms with Crippen LogP contribution in [0.4, 0.5) is 4.39 Å². The zero-order chi connectivity index (χ0) is 16.6. The molecule has 2 aromatic rings. The Balaban J connectivity index is 1.85. The van der Waals surface area contributed by atoms with Gasteiger partial charge in [0.25, 0.3) is 5.91 Å². The number of aryl methyl sites for hydroxylation is 1. The Kier molecular flexibility index (Phi) is 4.15. The molecule has 0 atom stereocenters. The molecule has 1 amide bonds. The molecule has 0 aliphatic heterocycles. The van der Waals surface area contributed by atoms with Crippen molar-refractivity contribution in [1.82, 2.24) is 10.5 Å². The molecule has 6 heteroatoms. The molecule has 0 unspecified atom stereocenters. The maximum atomic E-state index is 13.2. The van der Waals surface area contributed by atoms with Crippen LogP contribution in [0.15, 0.2) is 22.7 Å². The van der Waals surface area contributed by atoms with E-state index < -0.39 is 11.4 Å². The van der Waals surface area contributed by atoms with Gasteiger partial charge in [-0.25, -0.2) is 4.39 Å². The molecule has 0 saturated carbocycles. The minimum Gasteiger partial charge on any atom is -0.360 e. The standard InChI is InChI=1S/C17H18ClFN2O2/c1-17(2,12-8-7-10(19)9-13(12)18)20-16(22)15-11-5-3-4-6-14(11)23-21-15/h7-9H,3-6H2,1-2H3,(H,20,22). The lowest BCUT2D eigenvalue weighted by Crippen LogP contribution is -2.41. The van der Waals surface area contributed by atoms with Crippen molar-refractivity contribution in [2.45, 2.75) is 45.1 Å². The number of hydrogen-bond acceptors (Lipinski definition) is 3. The molecule has 1 aromatic carbocycles. The summed E-state index contributed by atoms with van der Waals surface area (Å²) in [7, 11) is 0. The lowest BCUT2D eigenvalue weighted by Gasteiger charge is -2.27. The summed E-state index contributed by atoms with van der Waals surface area (Å²) < 4.78 is 18.5. The average molecular weight is 337 g/mol. The first kappa shape index (κ1) is 16.0. The normalized spacial score (nSPS) is 14.4. The molecule has 0 spiro atoms. The fourth-order valence-corrected chi connectivity index (χ4v) is 3.37. The SMILES string of the molecule is CC(C)(NC(=O)c1noc2c1CCCC2)c1ccc(F)cc1Cl. The van der Waals surface area contributed by atoms with Crippen molar-refractivity contribution in [2.75, 3.05) is 0 Å². The second-order valence-electron chi connectivity index (χ2n) is 6.34. The third kappa shape index (κ3) is 3.11. The molecule has 4 nitrogen and oxygen atoms in total. The van der Waals surface area contributed by atoms with Crippen LogP contribution in [0.5, 0.6) is 0 Å². The van der Waals surface area contributed by atoms with Gasteiger partial charge in [-0.3, -0.25) is 4.79 Å². The molecule has 0 saturated heterocycles. The third-order valence-corrected chi connectivity index (χ3v) is 4.51. The first-order valence-electron chi connectivity index (χ1n) is 7.64. The van der Waals surface area contributed by atoms with Gasteiger partial charge >= 0.3 is 0 Å². The second-order valence-corrected chi connectivity index (χ2v) is 6.75. The van der Waals surface area contributed by atoms with Crippen LogP contribution in [-0.2, 0) is 18.4 Å². The molecule has 1 aliphatic rings. The summed E-state index contributed by atoms with van der Waals surface area (Å²) in [5.74, 6) is 0.0905. The molecule has 1 N–H and O–H groups in total. The van der Waals surface area contributed by atoms with Gasteiger partial charge in [-0.15, -0.1) is 0 Å². The summed E-state index contributed by atoms with van der Waals surface area (Å²) in [6.45, 7) is 3.63. The average Bonchev–Trinajstić information content (AvgIpc) is 2.90. The number of fused-ring (bicyclic) bond motifs is 1. The molecule has 3 rings (SSSR count). The van der Waals surface area contributed by atoms with Crippen molar-refractivity contribution in [1.29, 1.82) is 0 Å². The number of carbonyl (C=O) groups excluding carboxylic acids is 1. The summed E-state index contributed by atoms with van der Waals surface area (Å²) in [4.78, 5) is 12.6. The van der Waals surface area contributed by atoms with Crippen LogP contribution in [0.3, 0.4) is 0 Å². The molecule has 23 heavy (non-hydrogen) atoms. The maximum Gasteiger partial charge on any atom is 0.274 e. The van der Waals surface area contributed by atoms with Gasteiger partial charge in [0.2, 0.25) is 0 Å². The minimum atomic E-state index is -0.762. The van der Waals surface area contributed by atoms with Crippen molar-refractivity contribution in [3.05, 3.63) is 51.6 Å². The van der Waals surface area contributed by atoms with Crippen LogP contribution in [0.25, 0.3) is 0 Å². The number of nitrogens with one attached hydrogen (secondary N) is 1. The van der Waals surface area contributed by atoms with Gasteiger partial charge in [-0.05, 0) is 50.8 Å². The van der Waals surface area contributed by atoms with Crippen LogP contribution in [0, 0.1) is 5.82 Å². The lowest BCUT2D eigenvalue weighted by molar-refractivity contribution is 0.0902. The number of carbonyl (C=O) groups is 1. The number of hydrogen-bond donors (Lipinski definition) is 1. The van der Waals surface area contributed by atoms with Gasteiger partial charge in [0.15, 0.2) is 5.69 Å². The highest BCUT2D eigenvalue weighted by molar-refractivity contribution is 6.31. The highest BCUT2D eigenvalue weighted by Crippen LogP contribution is 2.30. The number of halogens is 2. The van der Waals surface area contributed by atoms with Crippen LogP contribution in [0.1, 0.15) is 54.1 Å². The molecule has 0 radical (unpaired) electrons. The van der Waals surface area contributed by atoms with E-state index in [0.717, 1.165) is 37.0 Å². The fraction of sp³-hybridized carbons (Fsp3) is 0.412. The lowest BCUT2D eigenvalue weighted by atomic mass is 9.92. The smallest absolute Gasteiger partial charge is 0.274 e. The fourth-order valence-electron chi connectivity index (χ4n) is 2.97. The zero-order valence-corrected chi connectivity index (χ0v) is 13.8. The van der Waals surface area contributed by atoms with E-state index in [1.54, 1.807) is 6.07 Å². The topological polar surface area (TPSA) is 55.1 Å². The number of amides is 1. The predicted octanol–water partition coefficient (Wildman–Crippen LogP) is 4.01. The van der Waals surface area contributed by atoms with Gasteiger partial charge in [-0.1, -0.05) is 22.8 Å². The van der Waals surface area contributed by atoms with Gasteiger partial charge < -0.3 is 9.84 Å². The van der Waals surface area contributed by atoms with E-state index in [9.17, 15) is 9.18 Å². The molecular weight excluding hydrogens is 319 g/mol. The number of nitrogens with zero attached hydrogens (tertiary/aromatic N) is 1. The largest absolute Gasteiger partial charge is 0.360 e. The van der Waals surface area contributed by atoms with Crippen molar-refractivity contribution in [3.63, 3.8) is 0 Å². The van der Waals surface area contributed by atoms with Gasteiger partial charge in [0, 0.05) is 17.0 Å². The predicted molar refractivity (Wildman–Crippen MR) is 85.0 cm³/mol.